The summed E-state index contributed by atoms with van der Waals surface area (Å²) >= 11 is 0. The first-order chi connectivity index (χ1) is 11.1. The second kappa shape index (κ2) is 5.60. The Morgan fingerprint density at radius 2 is 1.65 bits per heavy atom. The zero-order valence-corrected chi connectivity index (χ0v) is 14.0. The average molecular weight is 315 g/mol. The van der Waals surface area contributed by atoms with Gasteiger partial charge in [0.05, 0.1) is 18.8 Å². The van der Waals surface area contributed by atoms with Crippen LogP contribution in [0.3, 0.4) is 0 Å². The van der Waals surface area contributed by atoms with E-state index in [0.717, 1.165) is 50.4 Å². The molecular formula is C19H25NO3. The molecule has 0 aromatic heterocycles. The van der Waals surface area contributed by atoms with Crippen molar-refractivity contribution in [3.8, 4) is 0 Å². The summed E-state index contributed by atoms with van der Waals surface area (Å²) < 4.78 is 17.4. The van der Waals surface area contributed by atoms with Crippen LogP contribution in [0.15, 0.2) is 29.3 Å². The van der Waals surface area contributed by atoms with Gasteiger partial charge in [0.1, 0.15) is 6.61 Å². The van der Waals surface area contributed by atoms with E-state index in [1.807, 2.05) is 0 Å². The maximum absolute atomic E-state index is 5.82. The van der Waals surface area contributed by atoms with Crippen LogP contribution in [0.4, 0.5) is 0 Å². The lowest BCUT2D eigenvalue weighted by Gasteiger charge is -2.35. The van der Waals surface area contributed by atoms with Gasteiger partial charge < -0.3 is 14.2 Å². The maximum atomic E-state index is 5.82. The Kier molecular flexibility index (Phi) is 3.69. The van der Waals surface area contributed by atoms with E-state index >= 15 is 0 Å². The van der Waals surface area contributed by atoms with Crippen molar-refractivity contribution in [2.75, 3.05) is 19.8 Å². The molecular weight excluding hydrogens is 290 g/mol. The second-order valence-electron chi connectivity index (χ2n) is 7.52. The number of hydrogen-bond acceptors (Lipinski definition) is 4. The standard InChI is InChI=1S/C19H25NO3/c1-18(2)13-21-17(20-18)16-5-3-14(4-6-16)15-7-9-19(10-8-15)22-11-12-23-19/h3-6,15H,7-13H2,1-2H3. The Morgan fingerprint density at radius 1 is 1.00 bits per heavy atom. The Labute approximate surface area is 137 Å². The molecule has 4 nitrogen and oxygen atoms in total. The monoisotopic (exact) mass is 315 g/mol. The predicted molar refractivity (Wildman–Crippen MR) is 88.9 cm³/mol. The molecule has 1 aromatic rings. The Hall–Kier alpha value is -1.39. The summed E-state index contributed by atoms with van der Waals surface area (Å²) in [5, 5.41) is 0. The molecule has 1 aliphatic carbocycles. The van der Waals surface area contributed by atoms with Crippen molar-refractivity contribution in [2.45, 2.75) is 56.8 Å². The number of hydrogen-bond donors (Lipinski definition) is 0. The molecule has 0 atom stereocenters. The van der Waals surface area contributed by atoms with E-state index in [0.29, 0.717) is 12.5 Å². The van der Waals surface area contributed by atoms with E-state index in [-0.39, 0.29) is 11.3 Å². The number of aliphatic imine (C=N–C) groups is 1. The molecule has 0 N–H and O–H groups in total. The van der Waals surface area contributed by atoms with Gasteiger partial charge in [0.15, 0.2) is 5.79 Å². The Morgan fingerprint density at radius 3 is 2.22 bits per heavy atom. The molecule has 1 saturated heterocycles. The van der Waals surface area contributed by atoms with Crippen LogP contribution in [-0.2, 0) is 14.2 Å². The number of ether oxygens (including phenoxy) is 3. The smallest absolute Gasteiger partial charge is 0.216 e. The SMILES string of the molecule is CC1(C)COC(c2ccc(C3CCC4(CC3)OCCO4)cc2)=N1. The van der Waals surface area contributed by atoms with Crippen molar-refractivity contribution in [3.63, 3.8) is 0 Å². The van der Waals surface area contributed by atoms with Crippen LogP contribution in [0.5, 0.6) is 0 Å². The van der Waals surface area contributed by atoms with E-state index in [2.05, 4.69) is 43.1 Å². The van der Waals surface area contributed by atoms with Gasteiger partial charge >= 0.3 is 0 Å². The minimum atomic E-state index is -0.269. The molecule has 23 heavy (non-hydrogen) atoms. The minimum absolute atomic E-state index is 0.104. The molecule has 2 aliphatic heterocycles. The summed E-state index contributed by atoms with van der Waals surface area (Å²) in [5.41, 5.74) is 2.38. The third kappa shape index (κ3) is 3.02. The lowest BCUT2D eigenvalue weighted by atomic mass is 9.81. The summed E-state index contributed by atoms with van der Waals surface area (Å²) in [6.45, 7) is 6.35. The molecule has 0 bridgehead atoms. The van der Waals surface area contributed by atoms with Crippen molar-refractivity contribution in [3.05, 3.63) is 35.4 Å². The number of rotatable bonds is 2. The van der Waals surface area contributed by atoms with Gasteiger partial charge in [-0.2, -0.15) is 0 Å². The van der Waals surface area contributed by atoms with Crippen molar-refractivity contribution >= 4 is 5.90 Å². The zero-order valence-electron chi connectivity index (χ0n) is 14.0. The van der Waals surface area contributed by atoms with Crippen LogP contribution in [0, 0.1) is 0 Å². The molecule has 2 heterocycles. The van der Waals surface area contributed by atoms with Crippen LogP contribution < -0.4 is 0 Å². The molecule has 1 aromatic carbocycles. The van der Waals surface area contributed by atoms with Crippen molar-refractivity contribution in [1.29, 1.82) is 0 Å². The normalized spacial score (nSPS) is 26.3. The molecule has 1 spiro atoms. The first-order valence-corrected chi connectivity index (χ1v) is 8.66. The average Bonchev–Trinajstić information content (AvgIpc) is 3.15. The van der Waals surface area contributed by atoms with Gasteiger partial charge in [0.25, 0.3) is 0 Å². The van der Waals surface area contributed by atoms with Crippen LogP contribution >= 0.6 is 0 Å². The third-order valence-corrected chi connectivity index (χ3v) is 5.16. The zero-order chi connectivity index (χ0) is 15.9. The summed E-state index contributed by atoms with van der Waals surface area (Å²) in [6, 6.07) is 8.74. The van der Waals surface area contributed by atoms with Crippen molar-refractivity contribution in [1.82, 2.24) is 0 Å². The largest absolute Gasteiger partial charge is 0.475 e. The lowest BCUT2D eigenvalue weighted by Crippen LogP contribution is -2.34. The summed E-state index contributed by atoms with van der Waals surface area (Å²) in [7, 11) is 0. The van der Waals surface area contributed by atoms with Gasteiger partial charge in [0, 0.05) is 18.4 Å². The lowest BCUT2D eigenvalue weighted by molar-refractivity contribution is -0.178. The topological polar surface area (TPSA) is 40.0 Å². The molecule has 1 saturated carbocycles. The molecule has 0 radical (unpaired) electrons. The van der Waals surface area contributed by atoms with Crippen LogP contribution in [-0.4, -0.2) is 37.0 Å². The van der Waals surface area contributed by atoms with Gasteiger partial charge in [-0.05, 0) is 50.3 Å². The van der Waals surface area contributed by atoms with Crippen molar-refractivity contribution in [2.24, 2.45) is 4.99 Å². The van der Waals surface area contributed by atoms with E-state index < -0.39 is 0 Å². The van der Waals surface area contributed by atoms with Crippen molar-refractivity contribution < 1.29 is 14.2 Å². The maximum Gasteiger partial charge on any atom is 0.216 e. The summed E-state index contributed by atoms with van der Waals surface area (Å²) in [6.07, 6.45) is 4.26. The molecule has 0 unspecified atom stereocenters. The second-order valence-corrected chi connectivity index (χ2v) is 7.52. The molecule has 124 valence electrons. The third-order valence-electron chi connectivity index (χ3n) is 5.16. The Bertz CT molecular complexity index is 590. The van der Waals surface area contributed by atoms with Gasteiger partial charge in [-0.15, -0.1) is 0 Å². The molecule has 4 heteroatoms. The van der Waals surface area contributed by atoms with Gasteiger partial charge in [-0.25, -0.2) is 4.99 Å². The van der Waals surface area contributed by atoms with E-state index in [9.17, 15) is 0 Å². The highest BCUT2D eigenvalue weighted by molar-refractivity contribution is 5.95. The quantitative estimate of drug-likeness (QED) is 0.836. The molecule has 0 amide bonds. The number of benzene rings is 1. The van der Waals surface area contributed by atoms with Crippen LogP contribution in [0.1, 0.15) is 56.6 Å². The van der Waals surface area contributed by atoms with Gasteiger partial charge in [0.2, 0.25) is 5.90 Å². The number of nitrogens with zero attached hydrogens (tertiary/aromatic N) is 1. The fraction of sp³-hybridized carbons (Fsp3) is 0.632. The van der Waals surface area contributed by atoms with Crippen LogP contribution in [0.25, 0.3) is 0 Å². The fourth-order valence-corrected chi connectivity index (χ4v) is 3.81. The summed E-state index contributed by atoms with van der Waals surface area (Å²) in [4.78, 5) is 4.64. The predicted octanol–water partition coefficient (Wildman–Crippen LogP) is 3.64. The first kappa shape index (κ1) is 15.2. The highest BCUT2D eigenvalue weighted by Gasteiger charge is 2.40. The van der Waals surface area contributed by atoms with E-state index in [4.69, 9.17) is 14.2 Å². The molecule has 2 fully saturated rings. The van der Waals surface area contributed by atoms with Gasteiger partial charge in [-0.1, -0.05) is 12.1 Å². The highest BCUT2D eigenvalue weighted by atomic mass is 16.7. The summed E-state index contributed by atoms with van der Waals surface area (Å²) in [5.74, 6) is 1.11. The first-order valence-electron chi connectivity index (χ1n) is 8.66. The Balaban J connectivity index is 1.43. The van der Waals surface area contributed by atoms with Crippen LogP contribution in [0.2, 0.25) is 0 Å². The fourth-order valence-electron chi connectivity index (χ4n) is 3.81. The minimum Gasteiger partial charge on any atom is -0.475 e. The van der Waals surface area contributed by atoms with Gasteiger partial charge in [-0.3, -0.25) is 0 Å². The highest BCUT2D eigenvalue weighted by Crippen LogP contribution is 2.42. The molecule has 4 rings (SSSR count). The molecule has 3 aliphatic rings. The van der Waals surface area contributed by atoms with E-state index in [1.54, 1.807) is 0 Å². The van der Waals surface area contributed by atoms with E-state index in [1.165, 1.54) is 5.56 Å².